The zero-order valence-corrected chi connectivity index (χ0v) is 82.4. The number of carbonyl (C=O) groups is 14. The summed E-state index contributed by atoms with van der Waals surface area (Å²) in [5.41, 5.74) is 11.3. The third-order valence-electron chi connectivity index (χ3n) is 22.4. The fraction of sp³-hybridized carbons (Fsp3) is 0.608. The lowest BCUT2D eigenvalue weighted by atomic mass is 9.85. The van der Waals surface area contributed by atoms with Crippen molar-refractivity contribution in [3.05, 3.63) is 130 Å². The summed E-state index contributed by atoms with van der Waals surface area (Å²) < 4.78 is 38.4. The van der Waals surface area contributed by atoms with Crippen molar-refractivity contribution >= 4 is 100 Å². The van der Waals surface area contributed by atoms with Crippen molar-refractivity contribution in [3.63, 3.8) is 0 Å². The number of non-ortho nitro benzene ring substituents is 1. The van der Waals surface area contributed by atoms with Gasteiger partial charge in [0.1, 0.15) is 48.0 Å². The van der Waals surface area contributed by atoms with E-state index < -0.39 is 160 Å². The highest BCUT2D eigenvalue weighted by molar-refractivity contribution is 5.99. The number of nitrogens with zero attached hydrogens (tertiary/aromatic N) is 4. The number of ketones is 3. The van der Waals surface area contributed by atoms with Crippen LogP contribution in [0.5, 0.6) is 5.75 Å². The van der Waals surface area contributed by atoms with Crippen molar-refractivity contribution in [1.82, 2.24) is 41.3 Å². The highest BCUT2D eigenvalue weighted by Gasteiger charge is 2.45. The number of Topliss-reactive ketones (excluding diaryl/α,β-unsaturated/α-hetero) is 3. The van der Waals surface area contributed by atoms with Crippen LogP contribution >= 0.6 is 0 Å². The highest BCUT2D eigenvalue weighted by Crippen LogP contribution is 2.34. The van der Waals surface area contributed by atoms with E-state index in [0.29, 0.717) is 61.2 Å². The molecule has 1 heterocycles. The monoisotopic (exact) mass is 1880 g/mol. The van der Waals surface area contributed by atoms with Crippen LogP contribution in [0.25, 0.3) is 0 Å². The minimum atomic E-state index is -1.06. The molecule has 1 saturated heterocycles. The molecule has 1 aliphatic heterocycles. The van der Waals surface area contributed by atoms with Gasteiger partial charge in [0.05, 0.1) is 53.8 Å². The van der Waals surface area contributed by atoms with Gasteiger partial charge in [-0.3, -0.25) is 53.4 Å². The van der Waals surface area contributed by atoms with Gasteiger partial charge in [-0.2, -0.15) is 0 Å². The summed E-state index contributed by atoms with van der Waals surface area (Å²) in [7, 11) is 6.15. The zero-order valence-electron chi connectivity index (χ0n) is 82.4. The van der Waals surface area contributed by atoms with E-state index in [1.165, 1.54) is 56.7 Å². The number of alkyl carbamates (subject to hydrolysis) is 2. The second kappa shape index (κ2) is 57.7. The summed E-state index contributed by atoms with van der Waals surface area (Å²) in [5, 5.41) is 40.3. The number of methoxy groups -OCH3 is 2. The van der Waals surface area contributed by atoms with Crippen LogP contribution in [0.15, 0.2) is 103 Å². The first-order valence-electron chi connectivity index (χ1n) is 45.9. The number of aliphatic hydroxyl groups excluding tert-OH is 1. The third-order valence-corrected chi connectivity index (χ3v) is 22.4. The van der Waals surface area contributed by atoms with Crippen LogP contribution in [0.1, 0.15) is 231 Å². The molecular weight excluding hydrogens is 1730 g/mol. The standard InChI is InChI=1S/C63H100N8O14.C31H41N5O10.C3H8/c1-17-39(6)54(50(82-15)35-51(74)71-32-22-26-47(71)56(83-16)41(8)48(72)33-40(7)55(75)44-23-19-18-20-24-44)69(13)59(78)52(37(2)3)68-58(77)53(38(4)5)70(14)62(81)84-36-43-27-29-46(30-28-43)67-57(76)45(25-21-31-65-60(64)79)34-49(73)42(9)66-61(80)85-63(10,11)12;1-19(2)26(35-29(40)46-31(3,4)5)25(37)17-21(7-6-16-33-28(32)39)27(38)34-22-10-8-20(9-11-22)18-44-30(41)45-24-14-12-23(13-15-24)36(42)43;1-3-2/h18-20,23-24,27-30,37-42,45,47,50,52-56,75H,17,21-22,25-26,31-36H2,1-16H3,(H,66,80)(H,67,76)(H,68,77)(H3,64,65,79);8-15,19,21,26H,6-7,16-18H2,1-5H3,(H,34,38)(H,35,40)(H3,32,33,39);3H2,1-2H3/t39-,40-,41-,42-,45+,47-,50+,52-,53-,54-,55+,56+;21-,26+;/m01./s1. The second-order valence-corrected chi connectivity index (χ2v) is 37.0. The number of anilines is 2. The SMILES string of the molecule is CC(C)[C@H](NC(=O)OC(C)(C)C)C(=O)C[C@@H](CCCNC(N)=O)C(=O)Nc1ccc(COC(=O)Oc2ccc([N+](=O)[O-])cc2)cc1.CCC.CC[C@H](C)[C@@H]([C@@H](CC(=O)N1CCC[C@H]1[C@H](OC)[C@@H](C)C(=O)C[C@H](C)[C@@H](O)c1ccccc1)OC)N(C)C(=O)[C@@H](NC(=O)[C@H](C(C)C)N(C)C(=O)OCc1ccc(NC(=O)[C@H](CCCNC(N)=O)CC(=O)[C@H](C)NC(=O)OC(C)(C)C)cc1)C(C)C. The molecule has 14 atom stereocenters. The van der Waals surface area contributed by atoms with Crippen LogP contribution in [0.2, 0.25) is 0 Å². The molecule has 37 nitrogen and oxygen atoms in total. The number of nitrogens with one attached hydrogen (secondary N) is 7. The lowest BCUT2D eigenvalue weighted by molar-refractivity contribution is -0.384. The van der Waals surface area contributed by atoms with Crippen molar-refractivity contribution in [3.8, 4) is 5.75 Å². The summed E-state index contributed by atoms with van der Waals surface area (Å²) in [5.74, 6) is -6.65. The van der Waals surface area contributed by atoms with Gasteiger partial charge >= 0.3 is 36.5 Å². The lowest BCUT2D eigenvalue weighted by Gasteiger charge is -2.41. The van der Waals surface area contributed by atoms with Crippen molar-refractivity contribution in [2.45, 2.75) is 288 Å². The largest absolute Gasteiger partial charge is 0.514 e. The molecular formula is C97H149N13O24. The second-order valence-electron chi connectivity index (χ2n) is 37.0. The molecule has 5 rings (SSSR count). The molecule has 0 radical (unpaired) electrons. The Morgan fingerprint density at radius 1 is 0.567 bits per heavy atom. The van der Waals surface area contributed by atoms with E-state index in [0.717, 1.165) is 5.56 Å². The number of primary amides is 2. The van der Waals surface area contributed by atoms with Crippen molar-refractivity contribution in [1.29, 1.82) is 0 Å². The van der Waals surface area contributed by atoms with E-state index >= 15 is 0 Å². The predicted molar refractivity (Wildman–Crippen MR) is 506 cm³/mol. The zero-order chi connectivity index (χ0) is 101. The Morgan fingerprint density at radius 2 is 1.05 bits per heavy atom. The fourth-order valence-corrected chi connectivity index (χ4v) is 15.1. The average molecular weight is 1880 g/mol. The molecule has 4 aromatic carbocycles. The Labute approximate surface area is 789 Å². The molecule has 12 N–H and O–H groups in total. The normalized spacial score (nSPS) is 15.4. The van der Waals surface area contributed by atoms with Crippen LogP contribution in [0, 0.1) is 57.5 Å². The van der Waals surface area contributed by atoms with Crippen molar-refractivity contribution in [2.75, 3.05) is 58.6 Å². The molecule has 0 bridgehead atoms. The Hall–Kier alpha value is -11.9. The summed E-state index contributed by atoms with van der Waals surface area (Å²) in [6.45, 7) is 34.8. The molecule has 1 fully saturated rings. The lowest BCUT2D eigenvalue weighted by Crippen LogP contribution is -2.60. The van der Waals surface area contributed by atoms with E-state index in [9.17, 15) is 82.3 Å². The van der Waals surface area contributed by atoms with E-state index in [-0.39, 0.29) is 118 Å². The molecule has 134 heavy (non-hydrogen) atoms. The van der Waals surface area contributed by atoms with Crippen molar-refractivity contribution < 1.29 is 110 Å². The molecule has 4 aromatic rings. The van der Waals surface area contributed by atoms with Gasteiger partial charge in [-0.15, -0.1) is 0 Å². The molecule has 746 valence electrons. The summed E-state index contributed by atoms with van der Waals surface area (Å²) in [4.78, 5) is 198. The van der Waals surface area contributed by atoms with Gasteiger partial charge in [0.25, 0.3) is 5.69 Å². The average Bonchev–Trinajstić information content (AvgIpc) is 1.61. The van der Waals surface area contributed by atoms with Gasteiger partial charge in [0.2, 0.25) is 29.5 Å². The van der Waals surface area contributed by atoms with E-state index in [1.54, 1.807) is 142 Å². The molecule has 37 heteroatoms. The summed E-state index contributed by atoms with van der Waals surface area (Å²) in [6.07, 6.45) is -1.44. The smallest absolute Gasteiger partial charge is 0.445 e. The van der Waals surface area contributed by atoms with Crippen molar-refractivity contribution in [2.24, 2.45) is 58.8 Å². The maximum absolute atomic E-state index is 14.8. The molecule has 0 saturated carbocycles. The number of hydrogen-bond donors (Lipinski definition) is 10. The Morgan fingerprint density at radius 3 is 1.50 bits per heavy atom. The van der Waals surface area contributed by atoms with Gasteiger partial charge in [0.15, 0.2) is 11.6 Å². The molecule has 0 aliphatic carbocycles. The summed E-state index contributed by atoms with van der Waals surface area (Å²) in [6, 6.07) is 20.7. The number of nitro groups is 1. The molecule has 12 amide bonds. The first kappa shape index (κ1) is 116. The number of hydrogen-bond acceptors (Lipinski definition) is 24. The first-order chi connectivity index (χ1) is 62.8. The third kappa shape index (κ3) is 40.9. The maximum Gasteiger partial charge on any atom is 0.514 e. The number of ether oxygens (including phenoxy) is 7. The minimum absolute atomic E-state index is 0.0667. The predicted octanol–water partition coefficient (Wildman–Crippen LogP) is 13.8. The number of nitrogens with two attached hydrogens (primary N) is 2. The molecule has 0 aromatic heterocycles. The Bertz CT molecular complexity index is 4430. The van der Waals surface area contributed by atoms with Gasteiger partial charge in [-0.1, -0.05) is 151 Å². The van der Waals surface area contributed by atoms with Crippen LogP contribution in [0.3, 0.4) is 0 Å². The quantitative estimate of drug-likeness (QED) is 0.00490. The van der Waals surface area contributed by atoms with E-state index in [2.05, 4.69) is 51.1 Å². The summed E-state index contributed by atoms with van der Waals surface area (Å²) >= 11 is 0. The van der Waals surface area contributed by atoms with Gasteiger partial charge in [-0.05, 0) is 170 Å². The van der Waals surface area contributed by atoms with Gasteiger partial charge in [-0.25, -0.2) is 28.8 Å². The Kier molecular flexibility index (Phi) is 50.0. The maximum atomic E-state index is 14.8. The number of likely N-dealkylation sites (N-methyl/N-ethyl adjacent to an activating group) is 2. The van der Waals surface area contributed by atoms with Crippen LogP contribution in [-0.2, 0) is 80.0 Å². The number of amides is 12. The highest BCUT2D eigenvalue weighted by atomic mass is 16.7. The van der Waals surface area contributed by atoms with Crippen LogP contribution in [0.4, 0.5) is 45.8 Å². The number of benzene rings is 4. The number of carbonyl (C=O) groups excluding carboxylic acids is 14. The number of rotatable bonds is 48. The number of aliphatic hydroxyl groups is 1. The van der Waals surface area contributed by atoms with E-state index in [1.807, 2.05) is 71.9 Å². The number of likely N-dealkylation sites (tertiary alicyclic amines) is 1. The van der Waals surface area contributed by atoms with Gasteiger partial charge in [0, 0.05) is 108 Å². The minimum Gasteiger partial charge on any atom is -0.445 e. The van der Waals surface area contributed by atoms with Crippen LogP contribution in [-0.4, -0.2) is 216 Å². The molecule has 0 spiro atoms. The van der Waals surface area contributed by atoms with Crippen LogP contribution < -0.4 is 53.4 Å². The van der Waals surface area contributed by atoms with Gasteiger partial charge < -0.3 is 96.7 Å². The number of urea groups is 2. The first-order valence-corrected chi connectivity index (χ1v) is 45.9. The Balaban J connectivity index is 0.000000790. The fourth-order valence-electron chi connectivity index (χ4n) is 15.1. The number of nitro benzene ring substituents is 1. The molecule has 0 unspecified atom stereocenters. The topological polar surface area (TPSA) is 513 Å². The van der Waals surface area contributed by atoms with E-state index in [4.69, 9.17) is 44.6 Å². The molecule has 1 aliphatic rings.